The number of rotatable bonds is 8. The van der Waals surface area contributed by atoms with E-state index in [1.165, 1.54) is 7.05 Å². The number of hydrogen-bond acceptors (Lipinski definition) is 4. The molecule has 1 fully saturated rings. The van der Waals surface area contributed by atoms with E-state index in [2.05, 4.69) is 25.9 Å². The number of aryl methyl sites for hydroxylation is 1. The van der Waals surface area contributed by atoms with Crippen LogP contribution in [0.4, 0.5) is 23.8 Å². The van der Waals surface area contributed by atoms with Gasteiger partial charge in [-0.25, -0.2) is 4.79 Å². The fraction of sp³-hybridized carbons (Fsp3) is 0.600. The van der Waals surface area contributed by atoms with Crippen LogP contribution in [0.15, 0.2) is 12.3 Å². The Hall–Kier alpha value is -3.05. The third kappa shape index (κ3) is 5.80. The second kappa shape index (κ2) is 9.61. The molecule has 0 spiro atoms. The molecule has 2 aromatic heterocycles. The highest BCUT2D eigenvalue weighted by molar-refractivity contribution is 5.91. The molecule has 2 heterocycles. The van der Waals surface area contributed by atoms with Gasteiger partial charge in [0.05, 0.1) is 12.6 Å². The number of aromatic nitrogens is 4. The normalized spacial score (nSPS) is 19.7. The van der Waals surface area contributed by atoms with E-state index in [0.717, 1.165) is 44.0 Å². The van der Waals surface area contributed by atoms with E-state index < -0.39 is 30.3 Å². The van der Waals surface area contributed by atoms with E-state index in [9.17, 15) is 22.8 Å². The van der Waals surface area contributed by atoms with Crippen LogP contribution in [-0.4, -0.2) is 43.1 Å². The molecule has 0 aromatic carbocycles. The van der Waals surface area contributed by atoms with Crippen molar-refractivity contribution in [3.8, 4) is 0 Å². The van der Waals surface area contributed by atoms with Crippen LogP contribution in [-0.2, 0) is 24.4 Å². The molecule has 4 N–H and O–H groups in total. The lowest BCUT2D eigenvalue weighted by molar-refractivity contribution is -0.144. The lowest BCUT2D eigenvalue weighted by Crippen LogP contribution is -2.34. The van der Waals surface area contributed by atoms with Gasteiger partial charge in [0.1, 0.15) is 5.69 Å². The van der Waals surface area contributed by atoms with Gasteiger partial charge in [0.25, 0.3) is 0 Å². The minimum atomic E-state index is -4.60. The van der Waals surface area contributed by atoms with Crippen LogP contribution >= 0.6 is 0 Å². The zero-order chi connectivity index (χ0) is 23.5. The van der Waals surface area contributed by atoms with Crippen molar-refractivity contribution in [3.63, 3.8) is 0 Å². The van der Waals surface area contributed by atoms with Crippen molar-refractivity contribution in [1.82, 2.24) is 25.3 Å². The van der Waals surface area contributed by atoms with E-state index >= 15 is 0 Å². The summed E-state index contributed by atoms with van der Waals surface area (Å²) in [6.45, 7) is 1.94. The summed E-state index contributed by atoms with van der Waals surface area (Å²) in [6, 6.07) is 1.62. The largest absolute Gasteiger partial charge is 0.465 e. The fourth-order valence-electron chi connectivity index (χ4n) is 4.42. The summed E-state index contributed by atoms with van der Waals surface area (Å²) in [5.41, 5.74) is -0.304. The van der Waals surface area contributed by atoms with Gasteiger partial charge in [0.2, 0.25) is 5.91 Å². The third-order valence-corrected chi connectivity index (χ3v) is 5.92. The minimum Gasteiger partial charge on any atom is -0.465 e. The van der Waals surface area contributed by atoms with Crippen molar-refractivity contribution >= 4 is 17.8 Å². The second-order valence-electron chi connectivity index (χ2n) is 8.24. The van der Waals surface area contributed by atoms with E-state index in [1.54, 1.807) is 6.07 Å². The van der Waals surface area contributed by atoms with Gasteiger partial charge >= 0.3 is 12.3 Å². The van der Waals surface area contributed by atoms with Crippen LogP contribution in [0.25, 0.3) is 0 Å². The molecule has 9 nitrogen and oxygen atoms in total. The number of alkyl halides is 3. The smallest absolute Gasteiger partial charge is 0.433 e. The molecule has 32 heavy (non-hydrogen) atoms. The average Bonchev–Trinajstić information content (AvgIpc) is 3.40. The standard InChI is InChI=1S/C20H27F3N6O3/c1-3-14(25-19(31)32)7-11-4-5-12(6-11)15-9-16(28-27-15)26-17(30)8-13-10-24-29(2)18(13)20(21,22)23/h9-12,14,25H,3-8H2,1-2H3,(H,31,32)(H2,26,27,28,30). The lowest BCUT2D eigenvalue weighted by Gasteiger charge is -2.19. The molecule has 1 aliphatic carbocycles. The van der Waals surface area contributed by atoms with Crippen LogP contribution in [0.5, 0.6) is 0 Å². The van der Waals surface area contributed by atoms with Crippen molar-refractivity contribution in [1.29, 1.82) is 0 Å². The van der Waals surface area contributed by atoms with E-state index in [0.29, 0.717) is 10.6 Å². The van der Waals surface area contributed by atoms with Crippen LogP contribution < -0.4 is 10.6 Å². The Bertz CT molecular complexity index is 955. The highest BCUT2D eigenvalue weighted by Crippen LogP contribution is 2.40. The number of H-pyrrole nitrogens is 1. The van der Waals surface area contributed by atoms with Gasteiger partial charge < -0.3 is 15.7 Å². The number of amides is 2. The number of halogens is 3. The molecular formula is C20H27F3N6O3. The molecule has 0 saturated heterocycles. The third-order valence-electron chi connectivity index (χ3n) is 5.92. The molecule has 0 bridgehead atoms. The second-order valence-corrected chi connectivity index (χ2v) is 8.24. The number of aromatic amines is 1. The summed E-state index contributed by atoms with van der Waals surface area (Å²) in [4.78, 5) is 23.2. The van der Waals surface area contributed by atoms with Crippen molar-refractivity contribution in [2.75, 3.05) is 5.32 Å². The van der Waals surface area contributed by atoms with E-state index in [-0.39, 0.29) is 23.3 Å². The Morgan fingerprint density at radius 3 is 2.78 bits per heavy atom. The maximum absolute atomic E-state index is 13.1. The van der Waals surface area contributed by atoms with Crippen LogP contribution in [0.3, 0.4) is 0 Å². The number of anilines is 1. The van der Waals surface area contributed by atoms with Crippen LogP contribution in [0.1, 0.15) is 61.9 Å². The van der Waals surface area contributed by atoms with Gasteiger partial charge in [-0.15, -0.1) is 0 Å². The highest BCUT2D eigenvalue weighted by atomic mass is 19.4. The SMILES string of the molecule is CCC(CC1CCC(c2cc(NC(=O)Cc3cnn(C)c3C(F)(F)F)n[nH]2)C1)NC(=O)O. The molecule has 0 aliphatic heterocycles. The molecule has 1 saturated carbocycles. The Morgan fingerprint density at radius 2 is 2.12 bits per heavy atom. The summed E-state index contributed by atoms with van der Waals surface area (Å²) in [5.74, 6) is 0.224. The predicted octanol–water partition coefficient (Wildman–Crippen LogP) is 3.66. The number of nitrogens with one attached hydrogen (secondary N) is 3. The first-order chi connectivity index (χ1) is 15.1. The summed E-state index contributed by atoms with van der Waals surface area (Å²) in [7, 11) is 1.18. The van der Waals surface area contributed by atoms with Crippen molar-refractivity contribution in [3.05, 3.63) is 29.2 Å². The zero-order valence-corrected chi connectivity index (χ0v) is 17.9. The summed E-state index contributed by atoms with van der Waals surface area (Å²) in [5, 5.41) is 24.6. The van der Waals surface area contributed by atoms with E-state index in [1.807, 2.05) is 6.92 Å². The lowest BCUT2D eigenvalue weighted by atomic mass is 9.95. The monoisotopic (exact) mass is 456 g/mol. The first-order valence-corrected chi connectivity index (χ1v) is 10.5. The Labute approximate surface area is 182 Å². The molecular weight excluding hydrogens is 429 g/mol. The Morgan fingerprint density at radius 1 is 1.38 bits per heavy atom. The summed E-state index contributed by atoms with van der Waals surface area (Å²) >= 11 is 0. The number of carbonyl (C=O) groups excluding carboxylic acids is 1. The first kappa shape index (κ1) is 23.6. The molecule has 176 valence electrons. The van der Waals surface area contributed by atoms with Gasteiger partial charge in [0, 0.05) is 36.3 Å². The maximum atomic E-state index is 13.1. The predicted molar refractivity (Wildman–Crippen MR) is 109 cm³/mol. The number of carbonyl (C=O) groups is 2. The fourth-order valence-corrected chi connectivity index (χ4v) is 4.42. The molecule has 1 aliphatic rings. The van der Waals surface area contributed by atoms with Gasteiger partial charge in [0.15, 0.2) is 5.82 Å². The highest BCUT2D eigenvalue weighted by Gasteiger charge is 2.37. The van der Waals surface area contributed by atoms with Crippen molar-refractivity contribution in [2.24, 2.45) is 13.0 Å². The Balaban J connectivity index is 1.55. The minimum absolute atomic E-state index is 0.0815. The van der Waals surface area contributed by atoms with Crippen molar-refractivity contribution < 1.29 is 27.9 Å². The van der Waals surface area contributed by atoms with Gasteiger partial charge in [-0.2, -0.15) is 23.4 Å². The molecule has 2 aromatic rings. The first-order valence-electron chi connectivity index (χ1n) is 10.5. The maximum Gasteiger partial charge on any atom is 0.433 e. The molecule has 0 radical (unpaired) electrons. The van der Waals surface area contributed by atoms with Crippen LogP contribution in [0, 0.1) is 5.92 Å². The number of nitrogens with zero attached hydrogens (tertiary/aromatic N) is 3. The average molecular weight is 456 g/mol. The number of hydrogen-bond donors (Lipinski definition) is 4. The zero-order valence-electron chi connectivity index (χ0n) is 17.9. The quantitative estimate of drug-likeness (QED) is 0.482. The Kier molecular flexibility index (Phi) is 7.09. The molecule has 12 heteroatoms. The van der Waals surface area contributed by atoms with Gasteiger partial charge in [-0.3, -0.25) is 14.6 Å². The molecule has 2 amide bonds. The van der Waals surface area contributed by atoms with Gasteiger partial charge in [-0.1, -0.05) is 6.92 Å². The number of carboxylic acid groups (broad SMARTS) is 1. The summed E-state index contributed by atoms with van der Waals surface area (Å²) < 4.78 is 40.2. The van der Waals surface area contributed by atoms with Crippen LogP contribution in [0.2, 0.25) is 0 Å². The topological polar surface area (TPSA) is 125 Å². The van der Waals surface area contributed by atoms with Crippen molar-refractivity contribution in [2.45, 2.75) is 63.6 Å². The molecule has 3 rings (SSSR count). The molecule has 3 unspecified atom stereocenters. The van der Waals surface area contributed by atoms with E-state index in [4.69, 9.17) is 5.11 Å². The summed E-state index contributed by atoms with van der Waals surface area (Å²) in [6.07, 6.45) is -0.809. The molecule has 3 atom stereocenters. The van der Waals surface area contributed by atoms with Gasteiger partial charge in [-0.05, 0) is 38.0 Å².